The molecule has 10 heavy (non-hydrogen) atoms. The molecule has 0 saturated carbocycles. The van der Waals surface area contributed by atoms with Crippen molar-refractivity contribution in [3.63, 3.8) is 0 Å². The van der Waals surface area contributed by atoms with Crippen molar-refractivity contribution in [3.8, 4) is 0 Å². The molecule has 0 fully saturated rings. The van der Waals surface area contributed by atoms with Gasteiger partial charge in [-0.05, 0) is 29.7 Å². The van der Waals surface area contributed by atoms with Gasteiger partial charge in [-0.3, -0.25) is 5.32 Å². The van der Waals surface area contributed by atoms with Gasteiger partial charge in [0.25, 0.3) is 0 Å². The van der Waals surface area contributed by atoms with Gasteiger partial charge in [-0.2, -0.15) is 0 Å². The Morgan fingerprint density at radius 3 is 2.80 bits per heavy atom. The van der Waals surface area contributed by atoms with Gasteiger partial charge in [0, 0.05) is 0 Å². The van der Waals surface area contributed by atoms with E-state index in [2.05, 4.69) is 16.3 Å². The number of nitrogens with one attached hydrogen (secondary N) is 1. The first-order valence-electron chi connectivity index (χ1n) is 3.06. The standard InChI is InChI=1S/C7H11IN2/c1-5-3-6(9)7(10-2)8-4-5/h3-4,10H,9H2,1-2H3. The Morgan fingerprint density at radius 1 is 1.60 bits per heavy atom. The lowest BCUT2D eigenvalue weighted by Gasteiger charge is -2.08. The molecule has 0 atom stereocenters. The Bertz CT molecular complexity index is 226. The number of nitrogens with two attached hydrogens (primary N) is 1. The molecule has 1 rings (SSSR count). The maximum Gasteiger partial charge on any atom is 0.0712 e. The Labute approximate surface area is 70.9 Å². The lowest BCUT2D eigenvalue weighted by atomic mass is 10.3. The van der Waals surface area contributed by atoms with Crippen molar-refractivity contribution >= 4 is 24.4 Å². The number of hydrogen-bond acceptors (Lipinski definition) is 2. The Hall–Kier alpha value is -0.160. The lowest BCUT2D eigenvalue weighted by Crippen LogP contribution is -2.23. The molecule has 3 N–H and O–H groups in total. The fourth-order valence-corrected chi connectivity index (χ4v) is 2.55. The topological polar surface area (TPSA) is 38.0 Å². The van der Waals surface area contributed by atoms with E-state index in [0.717, 1.165) is 5.70 Å². The summed E-state index contributed by atoms with van der Waals surface area (Å²) in [5.41, 5.74) is 7.94. The first kappa shape index (κ1) is 7.94. The van der Waals surface area contributed by atoms with Gasteiger partial charge in [-0.25, -0.2) is 0 Å². The van der Waals surface area contributed by atoms with Crippen molar-refractivity contribution in [1.29, 1.82) is 0 Å². The van der Waals surface area contributed by atoms with E-state index in [1.165, 1.54) is 9.21 Å². The van der Waals surface area contributed by atoms with Gasteiger partial charge in [-0.1, -0.05) is 20.7 Å². The Morgan fingerprint density at radius 2 is 2.30 bits per heavy atom. The van der Waals surface area contributed by atoms with Crippen LogP contribution >= 0.6 is 20.7 Å². The quantitative estimate of drug-likeness (QED) is 0.683. The second-order valence-corrected chi connectivity index (χ2v) is 4.45. The molecule has 1 heterocycles. The summed E-state index contributed by atoms with van der Waals surface area (Å²) in [6.07, 6.45) is 2.01. The van der Waals surface area contributed by atoms with Crippen LogP contribution < -0.4 is 11.1 Å². The molecule has 2 nitrogen and oxygen atoms in total. The van der Waals surface area contributed by atoms with Gasteiger partial charge in [-0.15, -0.1) is 0 Å². The summed E-state index contributed by atoms with van der Waals surface area (Å²) in [6.45, 7) is 2.08. The van der Waals surface area contributed by atoms with Crippen LogP contribution in [-0.4, -0.2) is 10.7 Å². The van der Waals surface area contributed by atoms with E-state index in [1.807, 2.05) is 13.1 Å². The maximum atomic E-state index is 5.73. The third kappa shape index (κ3) is 1.67. The number of allylic oxidation sites excluding steroid dienone is 2. The first-order valence-corrected chi connectivity index (χ1v) is 5.39. The third-order valence-electron chi connectivity index (χ3n) is 1.19. The van der Waals surface area contributed by atoms with E-state index in [4.69, 9.17) is 5.73 Å². The maximum absolute atomic E-state index is 5.73. The minimum absolute atomic E-state index is 0.0185. The molecule has 3 heteroatoms. The van der Waals surface area contributed by atoms with Crippen molar-refractivity contribution < 1.29 is 0 Å². The zero-order valence-electron chi connectivity index (χ0n) is 6.11. The summed E-state index contributed by atoms with van der Waals surface area (Å²) in [5, 5.41) is 3.10. The van der Waals surface area contributed by atoms with Crippen LogP contribution in [0.1, 0.15) is 6.92 Å². The van der Waals surface area contributed by atoms with Crippen molar-refractivity contribution in [2.24, 2.45) is 5.73 Å². The monoisotopic (exact) mass is 250 g/mol. The highest BCUT2D eigenvalue weighted by Gasteiger charge is 2.01. The molecule has 1 aliphatic rings. The highest BCUT2D eigenvalue weighted by molar-refractivity contribution is 14.2. The summed E-state index contributed by atoms with van der Waals surface area (Å²) >= 11 is 0.0185. The van der Waals surface area contributed by atoms with Crippen LogP contribution in [-0.2, 0) is 0 Å². The molecule has 0 aromatic rings. The first-order chi connectivity index (χ1) is 4.74. The zero-order chi connectivity index (χ0) is 7.56. The Kier molecular flexibility index (Phi) is 2.62. The van der Waals surface area contributed by atoms with E-state index < -0.39 is 0 Å². The lowest BCUT2D eigenvalue weighted by molar-refractivity contribution is 1.18. The van der Waals surface area contributed by atoms with Crippen molar-refractivity contribution in [2.75, 3.05) is 7.05 Å². The van der Waals surface area contributed by atoms with E-state index in [9.17, 15) is 0 Å². The average molecular weight is 250 g/mol. The summed E-state index contributed by atoms with van der Waals surface area (Å²) < 4.78 is 3.49. The van der Waals surface area contributed by atoms with Crippen LogP contribution in [0.5, 0.6) is 0 Å². The molecule has 56 valence electrons. The highest BCUT2D eigenvalue weighted by atomic mass is 127. The molecule has 0 aromatic carbocycles. The van der Waals surface area contributed by atoms with Crippen LogP contribution in [0.25, 0.3) is 0 Å². The predicted octanol–water partition coefficient (Wildman–Crippen LogP) is 1.07. The summed E-state index contributed by atoms with van der Waals surface area (Å²) in [4.78, 5) is 0. The molecule has 0 aromatic heterocycles. The molecule has 0 spiro atoms. The molecular formula is C7H11IN2. The van der Waals surface area contributed by atoms with Gasteiger partial charge in [0.15, 0.2) is 0 Å². The van der Waals surface area contributed by atoms with Crippen molar-refractivity contribution in [3.05, 3.63) is 21.4 Å². The molecule has 0 bridgehead atoms. The molecular weight excluding hydrogens is 239 g/mol. The summed E-state index contributed by atoms with van der Waals surface area (Å²) in [7, 11) is 1.92. The Balaban J connectivity index is 2.91. The van der Waals surface area contributed by atoms with Gasteiger partial charge in [0.05, 0.1) is 9.33 Å². The molecule has 0 aliphatic carbocycles. The largest absolute Gasteiger partial charge is 0.397 e. The van der Waals surface area contributed by atoms with E-state index in [-0.39, 0.29) is 20.7 Å². The van der Waals surface area contributed by atoms with Crippen LogP contribution in [0.4, 0.5) is 0 Å². The molecule has 0 amide bonds. The molecule has 0 radical (unpaired) electrons. The van der Waals surface area contributed by atoms with E-state index in [1.54, 1.807) is 0 Å². The third-order valence-corrected chi connectivity index (χ3v) is 4.27. The predicted molar refractivity (Wildman–Crippen MR) is 54.1 cm³/mol. The normalized spacial score (nSPS) is 18.4. The molecule has 0 unspecified atom stereocenters. The van der Waals surface area contributed by atoms with Crippen LogP contribution in [0, 0.1) is 0 Å². The minimum atomic E-state index is 0.0185. The van der Waals surface area contributed by atoms with Crippen LogP contribution in [0.15, 0.2) is 21.4 Å². The SMILES string of the molecule is CNC1=IC=C(C)C=C1N. The number of likely N-dealkylation sites (N-methyl/N-ethyl adjacent to an activating group) is 1. The fraction of sp³-hybridized carbons (Fsp3) is 0.286. The van der Waals surface area contributed by atoms with Gasteiger partial charge in [0.1, 0.15) is 0 Å². The van der Waals surface area contributed by atoms with Gasteiger partial charge < -0.3 is 5.73 Å². The number of hydrogen-bond donors (Lipinski definition) is 2. The summed E-state index contributed by atoms with van der Waals surface area (Å²) in [6, 6.07) is 0. The van der Waals surface area contributed by atoms with E-state index >= 15 is 0 Å². The van der Waals surface area contributed by atoms with Crippen molar-refractivity contribution in [2.45, 2.75) is 6.92 Å². The smallest absolute Gasteiger partial charge is 0.0712 e. The van der Waals surface area contributed by atoms with Gasteiger partial charge >= 0.3 is 0 Å². The molecule has 1 aliphatic heterocycles. The van der Waals surface area contributed by atoms with E-state index in [0.29, 0.717) is 0 Å². The minimum Gasteiger partial charge on any atom is -0.397 e. The highest BCUT2D eigenvalue weighted by Crippen LogP contribution is 2.16. The zero-order valence-corrected chi connectivity index (χ0v) is 8.27. The molecule has 0 saturated heterocycles. The average Bonchev–Trinajstić information content (AvgIpc) is 1.88. The van der Waals surface area contributed by atoms with Crippen molar-refractivity contribution in [1.82, 2.24) is 5.32 Å². The van der Waals surface area contributed by atoms with Crippen LogP contribution in [0.3, 0.4) is 0 Å². The second kappa shape index (κ2) is 3.30. The summed E-state index contributed by atoms with van der Waals surface area (Å²) in [5.74, 6) is 0. The van der Waals surface area contributed by atoms with Crippen LogP contribution in [0.2, 0.25) is 0 Å². The number of halogens is 1. The van der Waals surface area contributed by atoms with Gasteiger partial charge in [0.2, 0.25) is 0 Å². The second-order valence-electron chi connectivity index (χ2n) is 2.13. The number of rotatable bonds is 1. The fourth-order valence-electron chi connectivity index (χ4n) is 0.743.